The molecule has 1 aliphatic rings. The molecule has 13 heteroatoms. The molecule has 3 heterocycles. The molecule has 3 N–H and O–H groups in total. The molecule has 3 rings (SSSR count). The van der Waals surface area contributed by atoms with Gasteiger partial charge in [0.15, 0.2) is 17.0 Å². The zero-order valence-electron chi connectivity index (χ0n) is 11.5. The molecule has 1 fully saturated rings. The summed E-state index contributed by atoms with van der Waals surface area (Å²) in [6.45, 7) is -0.576. The fourth-order valence-electron chi connectivity index (χ4n) is 2.35. The number of rotatable bonds is 5. The lowest BCUT2D eigenvalue weighted by atomic mass is 10.2. The molecule has 0 spiro atoms. The van der Waals surface area contributed by atoms with E-state index < -0.39 is 32.9 Å². The Kier molecular flexibility index (Phi) is 4.29. The second kappa shape index (κ2) is 6.09. The summed E-state index contributed by atoms with van der Waals surface area (Å²) in [5.41, 5.74) is 2.52. The monoisotopic (exact) mass is 345 g/mol. The van der Waals surface area contributed by atoms with E-state index in [1.165, 1.54) is 17.2 Å². The van der Waals surface area contributed by atoms with Crippen LogP contribution in [0.1, 0.15) is 12.6 Å². The fraction of sp³-hybridized carbons (Fsp3) is 0.500. The van der Waals surface area contributed by atoms with Crippen LogP contribution in [0.4, 0.5) is 5.82 Å². The van der Waals surface area contributed by atoms with Gasteiger partial charge in [-0.25, -0.2) is 15.0 Å². The Hall–Kier alpha value is -1.66. The number of phosphoric acid groups is 1. The SMILES string of the molecule is O=P([O-])([O-])OC[C@H]1O[C@@H](n2cnc3c(NO)ncnc32)C[C@@H]1O. The molecule has 3 atom stereocenters. The number of phosphoric ester groups is 1. The quantitative estimate of drug-likeness (QED) is 0.408. The second-order valence-corrected chi connectivity index (χ2v) is 5.99. The van der Waals surface area contributed by atoms with Gasteiger partial charge >= 0.3 is 0 Å². The molecule has 0 aliphatic carbocycles. The summed E-state index contributed by atoms with van der Waals surface area (Å²) in [6, 6.07) is 0. The Labute approximate surface area is 128 Å². The first-order chi connectivity index (χ1) is 10.9. The summed E-state index contributed by atoms with van der Waals surface area (Å²) in [7, 11) is -5.14. The molecule has 126 valence electrons. The number of ether oxygens (including phenoxy) is 1. The Morgan fingerprint density at radius 3 is 2.96 bits per heavy atom. The number of hydrogen-bond donors (Lipinski definition) is 3. The average Bonchev–Trinajstić information content (AvgIpc) is 3.07. The molecule has 12 nitrogen and oxygen atoms in total. The van der Waals surface area contributed by atoms with Crippen molar-refractivity contribution < 1.29 is 33.9 Å². The molecule has 0 bridgehead atoms. The molecular formula is C10H12N5O7P-2. The number of anilines is 1. The van der Waals surface area contributed by atoms with Gasteiger partial charge < -0.3 is 28.7 Å². The predicted molar refractivity (Wildman–Crippen MR) is 68.8 cm³/mol. The molecule has 1 saturated heterocycles. The maximum Gasteiger partial charge on any atom is 0.181 e. The zero-order valence-corrected chi connectivity index (χ0v) is 12.4. The topological polar surface area (TPSA) is 178 Å². The standard InChI is InChI=1S/C10H14N5O7P/c16-5-1-7(22-6(5)2-21-23(18,19)20)15-4-13-8-9(14-17)11-3-12-10(8)15/h3-7,16-17H,1-2H2,(H,11,12,14)(H2,18,19,20)/p-2/t5-,6+,7+/m0/s1. The minimum atomic E-state index is -5.14. The van der Waals surface area contributed by atoms with Gasteiger partial charge in [0.05, 0.1) is 26.9 Å². The normalized spacial score (nSPS) is 25.1. The van der Waals surface area contributed by atoms with E-state index in [1.54, 1.807) is 0 Å². The van der Waals surface area contributed by atoms with E-state index in [0.29, 0.717) is 5.65 Å². The number of nitrogens with one attached hydrogen (secondary N) is 1. The first-order valence-electron chi connectivity index (χ1n) is 6.47. The minimum absolute atomic E-state index is 0.103. The summed E-state index contributed by atoms with van der Waals surface area (Å²) < 4.78 is 21.6. The van der Waals surface area contributed by atoms with Crippen LogP contribution in [0.2, 0.25) is 0 Å². The van der Waals surface area contributed by atoms with Gasteiger partial charge in [0.2, 0.25) is 0 Å². The van der Waals surface area contributed by atoms with Crippen LogP contribution < -0.4 is 15.3 Å². The highest BCUT2D eigenvalue weighted by atomic mass is 31.2. The van der Waals surface area contributed by atoms with Gasteiger partial charge in [0, 0.05) is 6.42 Å². The molecule has 1 aliphatic heterocycles. The summed E-state index contributed by atoms with van der Waals surface area (Å²) in [6.07, 6.45) is 0.00571. The van der Waals surface area contributed by atoms with E-state index in [1.807, 2.05) is 5.48 Å². The number of nitrogens with zero attached hydrogens (tertiary/aromatic N) is 4. The van der Waals surface area contributed by atoms with Gasteiger partial charge in [-0.1, -0.05) is 0 Å². The van der Waals surface area contributed by atoms with E-state index in [9.17, 15) is 19.5 Å². The highest BCUT2D eigenvalue weighted by molar-refractivity contribution is 7.43. The van der Waals surface area contributed by atoms with Crippen LogP contribution >= 0.6 is 7.82 Å². The largest absolute Gasteiger partial charge is 0.790 e. The molecule has 23 heavy (non-hydrogen) atoms. The van der Waals surface area contributed by atoms with Crippen molar-refractivity contribution in [3.63, 3.8) is 0 Å². The van der Waals surface area contributed by atoms with Crippen LogP contribution in [-0.4, -0.2) is 48.6 Å². The van der Waals surface area contributed by atoms with Crippen LogP contribution in [0, 0.1) is 0 Å². The Morgan fingerprint density at radius 2 is 2.26 bits per heavy atom. The average molecular weight is 345 g/mol. The third-order valence-electron chi connectivity index (χ3n) is 3.38. The number of hydrogen-bond acceptors (Lipinski definition) is 11. The number of aliphatic hydroxyl groups excluding tert-OH is 1. The Bertz CT molecular complexity index is 748. The van der Waals surface area contributed by atoms with Crippen molar-refractivity contribution in [3.8, 4) is 0 Å². The predicted octanol–water partition coefficient (Wildman–Crippen LogP) is -1.88. The van der Waals surface area contributed by atoms with Crippen molar-refractivity contribution in [1.29, 1.82) is 0 Å². The minimum Gasteiger partial charge on any atom is -0.790 e. The van der Waals surface area contributed by atoms with Gasteiger partial charge in [-0.15, -0.1) is 0 Å². The van der Waals surface area contributed by atoms with Crippen molar-refractivity contribution in [3.05, 3.63) is 12.7 Å². The molecule has 2 aromatic rings. The molecule has 0 aromatic carbocycles. The molecular weight excluding hydrogens is 333 g/mol. The number of aliphatic hydroxyl groups is 1. The van der Waals surface area contributed by atoms with Gasteiger partial charge in [-0.3, -0.25) is 15.3 Å². The van der Waals surface area contributed by atoms with E-state index >= 15 is 0 Å². The van der Waals surface area contributed by atoms with E-state index in [4.69, 9.17) is 9.94 Å². The van der Waals surface area contributed by atoms with E-state index in [2.05, 4.69) is 19.5 Å². The van der Waals surface area contributed by atoms with Crippen molar-refractivity contribution in [2.45, 2.75) is 24.9 Å². The highest BCUT2D eigenvalue weighted by Gasteiger charge is 2.36. The maximum absolute atomic E-state index is 10.5. The molecule has 0 radical (unpaired) electrons. The lowest BCUT2D eigenvalue weighted by Crippen LogP contribution is -2.29. The van der Waals surface area contributed by atoms with Crippen molar-refractivity contribution in [2.75, 3.05) is 12.1 Å². The maximum atomic E-state index is 10.5. The van der Waals surface area contributed by atoms with Crippen LogP contribution in [0.3, 0.4) is 0 Å². The Morgan fingerprint density at radius 1 is 1.48 bits per heavy atom. The fourth-order valence-corrected chi connectivity index (χ4v) is 2.67. The van der Waals surface area contributed by atoms with Crippen LogP contribution in [-0.2, 0) is 13.8 Å². The zero-order chi connectivity index (χ0) is 16.6. The van der Waals surface area contributed by atoms with E-state index in [0.717, 1.165) is 0 Å². The highest BCUT2D eigenvalue weighted by Crippen LogP contribution is 2.34. The van der Waals surface area contributed by atoms with Crippen LogP contribution in [0.25, 0.3) is 11.2 Å². The lowest BCUT2D eigenvalue weighted by molar-refractivity contribution is -0.343. The van der Waals surface area contributed by atoms with Crippen LogP contribution in [0.15, 0.2) is 12.7 Å². The molecule has 0 unspecified atom stereocenters. The third-order valence-corrected chi connectivity index (χ3v) is 3.84. The number of fused-ring (bicyclic) bond motifs is 1. The number of imidazole rings is 1. The van der Waals surface area contributed by atoms with E-state index in [-0.39, 0.29) is 17.8 Å². The Balaban J connectivity index is 1.80. The summed E-state index contributed by atoms with van der Waals surface area (Å²) >= 11 is 0. The first kappa shape index (κ1) is 16.2. The van der Waals surface area contributed by atoms with Gasteiger partial charge in [0.25, 0.3) is 0 Å². The van der Waals surface area contributed by atoms with Crippen molar-refractivity contribution in [1.82, 2.24) is 19.5 Å². The summed E-state index contributed by atoms with van der Waals surface area (Å²) in [4.78, 5) is 32.9. The summed E-state index contributed by atoms with van der Waals surface area (Å²) in [5.74, 6) is 0.103. The van der Waals surface area contributed by atoms with Gasteiger partial charge in [-0.05, 0) is 0 Å². The summed E-state index contributed by atoms with van der Waals surface area (Å²) in [5, 5.41) is 18.9. The molecule has 0 saturated carbocycles. The van der Waals surface area contributed by atoms with Crippen molar-refractivity contribution >= 4 is 24.8 Å². The van der Waals surface area contributed by atoms with Crippen molar-refractivity contribution in [2.24, 2.45) is 0 Å². The van der Waals surface area contributed by atoms with Crippen LogP contribution in [0.5, 0.6) is 0 Å². The first-order valence-corrected chi connectivity index (χ1v) is 7.93. The second-order valence-electron chi connectivity index (χ2n) is 4.83. The van der Waals surface area contributed by atoms with Gasteiger partial charge in [0.1, 0.15) is 18.7 Å². The van der Waals surface area contributed by atoms with Gasteiger partial charge in [-0.2, -0.15) is 0 Å². The molecule has 2 aromatic heterocycles. The molecule has 0 amide bonds. The number of aromatic nitrogens is 4. The lowest BCUT2D eigenvalue weighted by Gasteiger charge is -2.30. The smallest absolute Gasteiger partial charge is 0.181 e. The third kappa shape index (κ3) is 3.33.